The maximum atomic E-state index is 12.8. The van der Waals surface area contributed by atoms with Crippen molar-refractivity contribution in [2.45, 2.75) is 239 Å². The molecule has 0 fully saturated rings. The number of ether oxygens (including phenoxy) is 3. The zero-order valence-corrected chi connectivity index (χ0v) is 46.1. The number of carbonyl (C=O) groups excluding carboxylic acids is 3. The fraction of sp³-hybridized carbons (Fsp3) is 0.591. The fourth-order valence-electron chi connectivity index (χ4n) is 7.20. The summed E-state index contributed by atoms with van der Waals surface area (Å²) in [6.45, 7) is 6.36. The summed E-state index contributed by atoms with van der Waals surface area (Å²) in [5, 5.41) is 0. The van der Waals surface area contributed by atoms with E-state index in [0.717, 1.165) is 141 Å². The van der Waals surface area contributed by atoms with Crippen molar-refractivity contribution in [3.8, 4) is 0 Å². The van der Waals surface area contributed by atoms with E-state index in [4.69, 9.17) is 14.2 Å². The van der Waals surface area contributed by atoms with Crippen LogP contribution in [0.15, 0.2) is 146 Å². The third kappa shape index (κ3) is 56.2. The van der Waals surface area contributed by atoms with Gasteiger partial charge in [-0.25, -0.2) is 0 Å². The second-order valence-corrected chi connectivity index (χ2v) is 18.5. The molecule has 0 radical (unpaired) electrons. The van der Waals surface area contributed by atoms with Crippen LogP contribution >= 0.6 is 0 Å². The smallest absolute Gasteiger partial charge is 0.306 e. The second-order valence-electron chi connectivity index (χ2n) is 18.5. The Morgan fingerprint density at radius 2 is 0.556 bits per heavy atom. The molecule has 0 saturated carbocycles. The molecular weight excluding hydrogens is 889 g/mol. The molecule has 1 unspecified atom stereocenters. The SMILES string of the molecule is CC/C=C\C/C=C\C/C=C\C/C=C\C/C=C\C/C=C\C/C=C\C/C=C\C/C=C\CCCC(=O)OCC(COC(=O)CCCCCCC/C=C\CCCC)OC(=O)CCCCCCC/C=C\C/C=C\CCCC. The van der Waals surface area contributed by atoms with Crippen molar-refractivity contribution in [3.05, 3.63) is 146 Å². The molecule has 0 aromatic rings. The van der Waals surface area contributed by atoms with Crippen LogP contribution in [0.4, 0.5) is 0 Å². The number of unbranched alkanes of at least 4 members (excludes halogenated alkanes) is 15. The Morgan fingerprint density at radius 3 is 0.917 bits per heavy atom. The van der Waals surface area contributed by atoms with Crippen molar-refractivity contribution in [3.63, 3.8) is 0 Å². The van der Waals surface area contributed by atoms with Gasteiger partial charge in [-0.2, -0.15) is 0 Å². The fourth-order valence-corrected chi connectivity index (χ4v) is 7.20. The molecule has 0 spiro atoms. The Hall–Kier alpha value is -4.71. The molecule has 0 aromatic heterocycles. The van der Waals surface area contributed by atoms with Crippen LogP contribution in [0.5, 0.6) is 0 Å². The first-order valence-electron chi connectivity index (χ1n) is 28.8. The Morgan fingerprint density at radius 1 is 0.292 bits per heavy atom. The molecule has 0 aliphatic rings. The van der Waals surface area contributed by atoms with Crippen molar-refractivity contribution < 1.29 is 28.6 Å². The van der Waals surface area contributed by atoms with E-state index in [-0.39, 0.29) is 37.5 Å². The van der Waals surface area contributed by atoms with E-state index >= 15 is 0 Å². The van der Waals surface area contributed by atoms with Crippen LogP contribution in [0.2, 0.25) is 0 Å². The van der Waals surface area contributed by atoms with Crippen molar-refractivity contribution in [1.82, 2.24) is 0 Å². The predicted molar refractivity (Wildman–Crippen MR) is 311 cm³/mol. The highest BCUT2D eigenvalue weighted by Gasteiger charge is 2.19. The minimum absolute atomic E-state index is 0.111. The Bertz CT molecular complexity index is 1610. The van der Waals surface area contributed by atoms with E-state index in [2.05, 4.69) is 167 Å². The number of hydrogen-bond acceptors (Lipinski definition) is 6. The summed E-state index contributed by atoms with van der Waals surface area (Å²) in [6.07, 6.45) is 84.2. The van der Waals surface area contributed by atoms with Crippen LogP contribution < -0.4 is 0 Å². The highest BCUT2D eigenvalue weighted by molar-refractivity contribution is 5.71. The van der Waals surface area contributed by atoms with Crippen molar-refractivity contribution in [2.75, 3.05) is 13.2 Å². The minimum Gasteiger partial charge on any atom is -0.462 e. The first-order valence-corrected chi connectivity index (χ1v) is 28.8. The topological polar surface area (TPSA) is 78.9 Å². The van der Waals surface area contributed by atoms with Crippen molar-refractivity contribution in [1.29, 1.82) is 0 Å². The van der Waals surface area contributed by atoms with E-state index in [9.17, 15) is 14.4 Å². The van der Waals surface area contributed by atoms with Crippen LogP contribution in [-0.4, -0.2) is 37.2 Å². The lowest BCUT2D eigenvalue weighted by Gasteiger charge is -2.18. The molecule has 72 heavy (non-hydrogen) atoms. The molecule has 404 valence electrons. The lowest BCUT2D eigenvalue weighted by Crippen LogP contribution is -2.30. The zero-order valence-electron chi connectivity index (χ0n) is 46.1. The van der Waals surface area contributed by atoms with Gasteiger partial charge in [-0.15, -0.1) is 0 Å². The first kappa shape index (κ1) is 67.3. The molecular formula is C66H104O6. The maximum absolute atomic E-state index is 12.8. The molecule has 1 atom stereocenters. The van der Waals surface area contributed by atoms with Crippen LogP contribution in [0.1, 0.15) is 233 Å². The molecule has 0 N–H and O–H groups in total. The summed E-state index contributed by atoms with van der Waals surface area (Å²) in [7, 11) is 0. The third-order valence-corrected chi connectivity index (χ3v) is 11.5. The predicted octanol–water partition coefficient (Wildman–Crippen LogP) is 19.6. The minimum atomic E-state index is -0.817. The standard InChI is InChI=1S/C66H104O6/c1-4-7-10-13-16-19-22-24-26-27-28-29-30-31-32-33-34-35-36-37-38-39-40-42-44-47-50-53-56-59-65(68)71-62-63(61-70-64(67)58-55-52-49-46-43-21-18-15-12-9-6-3)72-66(69)60-57-54-51-48-45-41-25-23-20-17-14-11-8-5-2/h7,10,14-19,23-26,28-29,31-32,34-35,37-38,40,42,47,50,63H,4-6,8-9,11-13,20-22,27,30,33,36,39,41,43-46,48-49,51-62H2,1-3H3/b10-7-,17-14-,18-15-,19-16-,25-23-,26-24-,29-28-,32-31-,35-34-,38-37-,42-40-,50-47-. The van der Waals surface area contributed by atoms with Gasteiger partial charge in [0.15, 0.2) is 6.10 Å². The Balaban J connectivity index is 4.42. The van der Waals surface area contributed by atoms with Gasteiger partial charge in [0.2, 0.25) is 0 Å². The largest absolute Gasteiger partial charge is 0.462 e. The first-order chi connectivity index (χ1) is 35.5. The normalized spacial score (nSPS) is 13.2. The van der Waals surface area contributed by atoms with Crippen LogP contribution in [0.25, 0.3) is 0 Å². The van der Waals surface area contributed by atoms with Gasteiger partial charge >= 0.3 is 17.9 Å². The molecule has 0 bridgehead atoms. The number of carbonyl (C=O) groups is 3. The molecule has 0 rings (SSSR count). The zero-order chi connectivity index (χ0) is 52.2. The highest BCUT2D eigenvalue weighted by atomic mass is 16.6. The van der Waals surface area contributed by atoms with Gasteiger partial charge in [0.25, 0.3) is 0 Å². The number of esters is 3. The van der Waals surface area contributed by atoms with E-state index in [0.29, 0.717) is 19.3 Å². The van der Waals surface area contributed by atoms with Gasteiger partial charge in [0.1, 0.15) is 13.2 Å². The lowest BCUT2D eigenvalue weighted by atomic mass is 10.1. The van der Waals surface area contributed by atoms with Gasteiger partial charge in [-0.1, -0.05) is 231 Å². The van der Waals surface area contributed by atoms with Gasteiger partial charge in [0, 0.05) is 19.3 Å². The Kier molecular flexibility index (Phi) is 55.0. The maximum Gasteiger partial charge on any atom is 0.306 e. The van der Waals surface area contributed by atoms with Gasteiger partial charge < -0.3 is 14.2 Å². The van der Waals surface area contributed by atoms with E-state index in [1.54, 1.807) is 0 Å². The summed E-state index contributed by atoms with van der Waals surface area (Å²) in [5.74, 6) is -1.01. The number of hydrogen-bond donors (Lipinski definition) is 0. The van der Waals surface area contributed by atoms with Crippen molar-refractivity contribution in [2.24, 2.45) is 0 Å². The molecule has 0 aliphatic carbocycles. The molecule has 0 amide bonds. The molecule has 0 saturated heterocycles. The van der Waals surface area contributed by atoms with E-state index < -0.39 is 6.10 Å². The third-order valence-electron chi connectivity index (χ3n) is 11.5. The Labute approximate surface area is 442 Å². The van der Waals surface area contributed by atoms with Crippen molar-refractivity contribution >= 4 is 17.9 Å². The molecule has 0 heterocycles. The lowest BCUT2D eigenvalue weighted by molar-refractivity contribution is -0.167. The van der Waals surface area contributed by atoms with Crippen LogP contribution in [0.3, 0.4) is 0 Å². The molecule has 0 aliphatic heterocycles. The average molecular weight is 994 g/mol. The van der Waals surface area contributed by atoms with Gasteiger partial charge in [-0.3, -0.25) is 14.4 Å². The van der Waals surface area contributed by atoms with Gasteiger partial charge in [0.05, 0.1) is 0 Å². The number of rotatable bonds is 50. The summed E-state index contributed by atoms with van der Waals surface area (Å²) >= 11 is 0. The van der Waals surface area contributed by atoms with Crippen LogP contribution in [0, 0.1) is 0 Å². The summed E-state index contributed by atoms with van der Waals surface area (Å²) < 4.78 is 16.7. The summed E-state index contributed by atoms with van der Waals surface area (Å²) in [5.41, 5.74) is 0. The summed E-state index contributed by atoms with van der Waals surface area (Å²) in [6, 6.07) is 0. The quantitative estimate of drug-likeness (QED) is 0.0261. The molecule has 0 aromatic carbocycles. The monoisotopic (exact) mass is 993 g/mol. The molecule has 6 heteroatoms. The van der Waals surface area contributed by atoms with Gasteiger partial charge in [-0.05, 0) is 128 Å². The van der Waals surface area contributed by atoms with E-state index in [1.165, 1.54) is 44.9 Å². The van der Waals surface area contributed by atoms with Crippen LogP contribution in [-0.2, 0) is 28.6 Å². The second kappa shape index (κ2) is 58.9. The number of allylic oxidation sites excluding steroid dienone is 24. The van der Waals surface area contributed by atoms with E-state index in [1.807, 2.05) is 0 Å². The summed E-state index contributed by atoms with van der Waals surface area (Å²) in [4.78, 5) is 38.0. The average Bonchev–Trinajstić information content (AvgIpc) is 3.38. The highest BCUT2D eigenvalue weighted by Crippen LogP contribution is 2.12. The molecule has 6 nitrogen and oxygen atoms in total.